The van der Waals surface area contributed by atoms with E-state index >= 15 is 0 Å². The van der Waals surface area contributed by atoms with E-state index in [0.717, 1.165) is 0 Å². The molecule has 0 aliphatic rings. The van der Waals surface area contributed by atoms with E-state index in [2.05, 4.69) is 5.32 Å². The molecular weight excluding hydrogens is 272 g/mol. The van der Waals surface area contributed by atoms with Crippen molar-refractivity contribution in [1.29, 1.82) is 0 Å². The maximum atomic E-state index is 12.1. The van der Waals surface area contributed by atoms with Gasteiger partial charge < -0.3 is 10.4 Å². The number of nitro groups is 1. The number of sulfone groups is 1. The van der Waals surface area contributed by atoms with Crippen molar-refractivity contribution in [2.45, 2.75) is 31.4 Å². The van der Waals surface area contributed by atoms with Gasteiger partial charge in [0.05, 0.1) is 15.6 Å². The third kappa shape index (κ3) is 3.65. The highest BCUT2D eigenvalue weighted by atomic mass is 32.2. The van der Waals surface area contributed by atoms with Gasteiger partial charge in [-0.2, -0.15) is 0 Å². The Morgan fingerprint density at radius 1 is 1.47 bits per heavy atom. The molecule has 0 bridgehead atoms. The van der Waals surface area contributed by atoms with Crippen molar-refractivity contribution in [3.05, 3.63) is 28.3 Å². The molecule has 0 saturated carbocycles. The zero-order valence-electron chi connectivity index (χ0n) is 10.7. The Labute approximate surface area is 111 Å². The lowest BCUT2D eigenvalue weighted by Crippen LogP contribution is -2.18. The Balaban J connectivity index is 3.47. The number of rotatable bonds is 6. The smallest absolute Gasteiger partial charge is 0.293 e. The standard InChI is InChI=1S/C11H16N2O5S/c1-3-7-19(17,18)10-6-4-5-9(13(15)16)11(10)12-8(2)14/h4-6,8,12,14H,3,7H2,1-2H3. The van der Waals surface area contributed by atoms with Gasteiger partial charge >= 0.3 is 0 Å². The van der Waals surface area contributed by atoms with Gasteiger partial charge in [0.15, 0.2) is 9.84 Å². The normalized spacial score (nSPS) is 13.0. The van der Waals surface area contributed by atoms with Crippen LogP contribution in [0.2, 0.25) is 0 Å². The predicted octanol–water partition coefficient (Wildman–Crippen LogP) is 1.53. The van der Waals surface area contributed by atoms with Crippen molar-refractivity contribution in [2.24, 2.45) is 0 Å². The highest BCUT2D eigenvalue weighted by molar-refractivity contribution is 7.91. The Morgan fingerprint density at radius 2 is 2.11 bits per heavy atom. The number of nitrogens with zero attached hydrogens (tertiary/aromatic N) is 1. The zero-order valence-corrected chi connectivity index (χ0v) is 11.5. The van der Waals surface area contributed by atoms with Crippen LogP contribution in [0.5, 0.6) is 0 Å². The minimum atomic E-state index is -3.62. The molecule has 1 aromatic rings. The van der Waals surface area contributed by atoms with Crippen LogP contribution in [-0.2, 0) is 9.84 Å². The lowest BCUT2D eigenvalue weighted by molar-refractivity contribution is -0.384. The number of nitro benzene ring substituents is 1. The third-order valence-corrected chi connectivity index (χ3v) is 4.32. The Bertz CT molecular complexity index is 568. The summed E-state index contributed by atoms with van der Waals surface area (Å²) in [5, 5.41) is 22.7. The first-order valence-electron chi connectivity index (χ1n) is 5.74. The fourth-order valence-electron chi connectivity index (χ4n) is 1.66. The van der Waals surface area contributed by atoms with Gasteiger partial charge in [0.2, 0.25) is 0 Å². The quantitative estimate of drug-likeness (QED) is 0.466. The monoisotopic (exact) mass is 288 g/mol. The van der Waals surface area contributed by atoms with Crippen LogP contribution in [0.3, 0.4) is 0 Å². The second-order valence-corrected chi connectivity index (χ2v) is 6.12. The summed E-state index contributed by atoms with van der Waals surface area (Å²) in [5.74, 6) is -0.108. The lowest BCUT2D eigenvalue weighted by atomic mass is 10.2. The SMILES string of the molecule is CCCS(=O)(=O)c1cccc([N+](=O)[O-])c1NC(C)O. The highest BCUT2D eigenvalue weighted by Crippen LogP contribution is 2.32. The van der Waals surface area contributed by atoms with Gasteiger partial charge in [-0.3, -0.25) is 10.1 Å². The molecule has 19 heavy (non-hydrogen) atoms. The molecule has 0 amide bonds. The Morgan fingerprint density at radius 3 is 2.58 bits per heavy atom. The number of benzene rings is 1. The van der Waals surface area contributed by atoms with Crippen molar-refractivity contribution in [2.75, 3.05) is 11.1 Å². The number of nitrogens with one attached hydrogen (secondary N) is 1. The van der Waals surface area contributed by atoms with Crippen molar-refractivity contribution in [3.63, 3.8) is 0 Å². The van der Waals surface area contributed by atoms with Gasteiger partial charge in [-0.05, 0) is 19.4 Å². The molecule has 0 fully saturated rings. The molecule has 1 rings (SSSR count). The summed E-state index contributed by atoms with van der Waals surface area (Å²) >= 11 is 0. The summed E-state index contributed by atoms with van der Waals surface area (Å²) < 4.78 is 24.1. The Hall–Kier alpha value is -1.67. The van der Waals surface area contributed by atoms with E-state index in [9.17, 15) is 23.6 Å². The van der Waals surface area contributed by atoms with E-state index < -0.39 is 21.0 Å². The van der Waals surface area contributed by atoms with Gasteiger partial charge in [-0.15, -0.1) is 0 Å². The summed E-state index contributed by atoms with van der Waals surface area (Å²) in [5.41, 5.74) is -0.547. The topological polar surface area (TPSA) is 110 Å². The van der Waals surface area contributed by atoms with E-state index in [1.807, 2.05) is 0 Å². The molecule has 0 radical (unpaired) electrons. The molecule has 8 heteroatoms. The zero-order chi connectivity index (χ0) is 14.6. The summed E-state index contributed by atoms with van der Waals surface area (Å²) in [6.07, 6.45) is -0.698. The molecule has 1 unspecified atom stereocenters. The second kappa shape index (κ2) is 5.98. The van der Waals surface area contributed by atoms with Gasteiger partial charge in [-0.1, -0.05) is 13.0 Å². The lowest BCUT2D eigenvalue weighted by Gasteiger charge is -2.14. The van der Waals surface area contributed by atoms with Gasteiger partial charge in [-0.25, -0.2) is 8.42 Å². The van der Waals surface area contributed by atoms with Crippen LogP contribution >= 0.6 is 0 Å². The second-order valence-electron chi connectivity index (χ2n) is 4.05. The van der Waals surface area contributed by atoms with Crippen LogP contribution in [0, 0.1) is 10.1 Å². The van der Waals surface area contributed by atoms with Crippen LogP contribution in [-0.4, -0.2) is 30.4 Å². The molecule has 1 atom stereocenters. The maximum absolute atomic E-state index is 12.1. The number of anilines is 1. The first-order valence-corrected chi connectivity index (χ1v) is 7.39. The first kappa shape index (κ1) is 15.4. The van der Waals surface area contributed by atoms with Crippen LogP contribution in [0.1, 0.15) is 20.3 Å². The average molecular weight is 288 g/mol. The number of aliphatic hydroxyl groups excluding tert-OH is 1. The van der Waals surface area contributed by atoms with Crippen molar-refractivity contribution in [1.82, 2.24) is 0 Å². The number of aliphatic hydroxyl groups is 1. The highest BCUT2D eigenvalue weighted by Gasteiger charge is 2.25. The molecule has 2 N–H and O–H groups in total. The largest absolute Gasteiger partial charge is 0.374 e. The van der Waals surface area contributed by atoms with E-state index in [0.29, 0.717) is 6.42 Å². The molecule has 7 nitrogen and oxygen atoms in total. The number of hydrogen-bond donors (Lipinski definition) is 2. The number of hydrogen-bond acceptors (Lipinski definition) is 6. The Kier molecular flexibility index (Phi) is 4.84. The molecule has 0 spiro atoms. The molecule has 0 saturated heterocycles. The minimum absolute atomic E-state index is 0.108. The third-order valence-electron chi connectivity index (χ3n) is 2.36. The van der Waals surface area contributed by atoms with E-state index in [1.165, 1.54) is 25.1 Å². The molecule has 106 valence electrons. The van der Waals surface area contributed by atoms with E-state index in [4.69, 9.17) is 0 Å². The van der Waals surface area contributed by atoms with E-state index in [-0.39, 0.29) is 22.0 Å². The summed E-state index contributed by atoms with van der Waals surface area (Å²) in [7, 11) is -3.62. The van der Waals surface area contributed by atoms with Crippen LogP contribution in [0.15, 0.2) is 23.1 Å². The minimum Gasteiger partial charge on any atom is -0.374 e. The van der Waals surface area contributed by atoms with E-state index in [1.54, 1.807) is 6.92 Å². The molecule has 0 aliphatic carbocycles. The summed E-state index contributed by atoms with van der Waals surface area (Å²) in [4.78, 5) is 10.1. The average Bonchev–Trinajstić information content (AvgIpc) is 2.27. The van der Waals surface area contributed by atoms with Gasteiger partial charge in [0.1, 0.15) is 11.9 Å². The fraction of sp³-hybridized carbons (Fsp3) is 0.455. The van der Waals surface area contributed by atoms with Crippen LogP contribution < -0.4 is 5.32 Å². The van der Waals surface area contributed by atoms with Gasteiger partial charge in [0.25, 0.3) is 5.69 Å². The molecule has 0 heterocycles. The molecule has 1 aromatic carbocycles. The van der Waals surface area contributed by atoms with Crippen molar-refractivity contribution < 1.29 is 18.4 Å². The first-order chi connectivity index (χ1) is 8.79. The molecular formula is C11H16N2O5S. The predicted molar refractivity (Wildman–Crippen MR) is 70.7 cm³/mol. The number of para-hydroxylation sites is 1. The van der Waals surface area contributed by atoms with Crippen molar-refractivity contribution >= 4 is 21.2 Å². The van der Waals surface area contributed by atoms with Crippen LogP contribution in [0.25, 0.3) is 0 Å². The molecule has 0 aromatic heterocycles. The fourth-order valence-corrected chi connectivity index (χ4v) is 3.18. The van der Waals surface area contributed by atoms with Crippen molar-refractivity contribution in [3.8, 4) is 0 Å². The maximum Gasteiger partial charge on any atom is 0.293 e. The van der Waals surface area contributed by atoms with Crippen LogP contribution in [0.4, 0.5) is 11.4 Å². The molecule has 0 aliphatic heterocycles. The summed E-state index contributed by atoms with van der Waals surface area (Å²) in [6, 6.07) is 3.80. The summed E-state index contributed by atoms with van der Waals surface area (Å²) in [6.45, 7) is 3.06. The van der Waals surface area contributed by atoms with Gasteiger partial charge in [0, 0.05) is 6.07 Å².